The second-order valence-electron chi connectivity index (χ2n) is 16.5. The molecule has 0 N–H and O–H groups in total. The topological polar surface area (TPSA) is 27.7 Å². The number of hydrogen-bond donors (Lipinski definition) is 0. The molecular weight excluding hydrogens is 528 g/mol. The first-order valence-corrected chi connectivity index (χ1v) is 19.2. The molecule has 0 bridgehead atoms. The maximum Gasteiger partial charge on any atom is 0.104 e. The van der Waals surface area contributed by atoms with Gasteiger partial charge in [0, 0.05) is 13.2 Å². The molecule has 43 heavy (non-hydrogen) atoms. The van der Waals surface area contributed by atoms with Gasteiger partial charge in [0.05, 0.1) is 19.3 Å². The standard InChI is InChI=1S/C40H72O3/c1-8-10-12-25-41-28-34(42-26-13-11-9-2)29-43-33-21-23-39(6)32(27-33)17-18-35-37-20-19-36(31(5)16-14-15-30(3)4)40(37,7)24-22-38(35)39/h17,30-31,33-38H,8-16,18-29H2,1-7H3/t31-,33?,34-,35+,36-,37+,38+,39+,40-/m1/s1. The largest absolute Gasteiger partial charge is 0.379 e. The monoisotopic (exact) mass is 601 g/mol. The van der Waals surface area contributed by atoms with Crippen LogP contribution in [0.25, 0.3) is 0 Å². The predicted molar refractivity (Wildman–Crippen MR) is 182 cm³/mol. The molecule has 0 aromatic heterocycles. The van der Waals surface area contributed by atoms with Gasteiger partial charge in [-0.2, -0.15) is 0 Å². The first-order valence-electron chi connectivity index (χ1n) is 19.2. The zero-order chi connectivity index (χ0) is 30.9. The molecule has 9 atom stereocenters. The first kappa shape index (κ1) is 35.5. The Bertz CT molecular complexity index is 836. The van der Waals surface area contributed by atoms with Crippen LogP contribution in [-0.4, -0.2) is 38.6 Å². The van der Waals surface area contributed by atoms with Crippen LogP contribution < -0.4 is 0 Å². The van der Waals surface area contributed by atoms with Gasteiger partial charge in [-0.25, -0.2) is 0 Å². The van der Waals surface area contributed by atoms with E-state index in [-0.39, 0.29) is 6.10 Å². The molecule has 0 amide bonds. The summed E-state index contributed by atoms with van der Waals surface area (Å²) < 4.78 is 19.0. The number of hydrogen-bond acceptors (Lipinski definition) is 3. The molecular formula is C40H72O3. The third-order valence-corrected chi connectivity index (χ3v) is 13.1. The van der Waals surface area contributed by atoms with E-state index in [4.69, 9.17) is 14.2 Å². The van der Waals surface area contributed by atoms with Gasteiger partial charge in [-0.05, 0) is 111 Å². The Kier molecular flexibility index (Phi) is 14.0. The predicted octanol–water partition coefficient (Wildman–Crippen LogP) is 11.2. The SMILES string of the molecule is CCCCCOC[C@H](COC1CC[C@@]2(C)C(=CC[C@H]3[C@@H]4CC[C@H]([C@H](C)CCCC(C)C)[C@@]4(C)CC[C@@H]32)C1)OCCCCC. The van der Waals surface area contributed by atoms with Crippen LogP contribution in [0.15, 0.2) is 11.6 Å². The normalized spacial score (nSPS) is 35.3. The highest BCUT2D eigenvalue weighted by atomic mass is 16.6. The van der Waals surface area contributed by atoms with Crippen molar-refractivity contribution < 1.29 is 14.2 Å². The molecule has 250 valence electrons. The van der Waals surface area contributed by atoms with Crippen molar-refractivity contribution in [1.29, 1.82) is 0 Å². The summed E-state index contributed by atoms with van der Waals surface area (Å²) in [5.74, 6) is 5.41. The van der Waals surface area contributed by atoms with E-state index in [9.17, 15) is 0 Å². The van der Waals surface area contributed by atoms with Crippen LogP contribution in [0.5, 0.6) is 0 Å². The number of unbranched alkanes of at least 4 members (excludes halogenated alkanes) is 4. The summed E-state index contributed by atoms with van der Waals surface area (Å²) in [6.45, 7) is 20.3. The molecule has 1 unspecified atom stereocenters. The molecule has 3 saturated carbocycles. The number of rotatable bonds is 19. The third kappa shape index (κ3) is 8.91. The lowest BCUT2D eigenvalue weighted by molar-refractivity contribution is -0.0944. The minimum Gasteiger partial charge on any atom is -0.379 e. The minimum absolute atomic E-state index is 0.0654. The fraction of sp³-hybridized carbons (Fsp3) is 0.950. The Balaban J connectivity index is 1.31. The van der Waals surface area contributed by atoms with Crippen molar-refractivity contribution in [3.05, 3.63) is 11.6 Å². The molecule has 0 spiro atoms. The van der Waals surface area contributed by atoms with E-state index in [0.717, 1.165) is 68.0 Å². The molecule has 3 nitrogen and oxygen atoms in total. The van der Waals surface area contributed by atoms with E-state index in [1.165, 1.54) is 89.9 Å². The maximum atomic E-state index is 6.64. The molecule has 0 radical (unpaired) electrons. The lowest BCUT2D eigenvalue weighted by atomic mass is 9.47. The Morgan fingerprint density at radius 1 is 0.814 bits per heavy atom. The highest BCUT2D eigenvalue weighted by molar-refractivity contribution is 5.25. The third-order valence-electron chi connectivity index (χ3n) is 13.1. The van der Waals surface area contributed by atoms with Gasteiger partial charge < -0.3 is 14.2 Å². The fourth-order valence-electron chi connectivity index (χ4n) is 10.5. The maximum absolute atomic E-state index is 6.64. The molecule has 4 aliphatic rings. The summed E-state index contributed by atoms with van der Waals surface area (Å²) in [7, 11) is 0. The summed E-state index contributed by atoms with van der Waals surface area (Å²) in [6, 6.07) is 0. The molecule has 4 rings (SSSR count). The second kappa shape index (κ2) is 17.0. The van der Waals surface area contributed by atoms with Crippen LogP contribution >= 0.6 is 0 Å². The van der Waals surface area contributed by atoms with E-state index in [1.54, 1.807) is 5.57 Å². The van der Waals surface area contributed by atoms with Crippen molar-refractivity contribution in [3.63, 3.8) is 0 Å². The van der Waals surface area contributed by atoms with Crippen molar-refractivity contribution in [3.8, 4) is 0 Å². The van der Waals surface area contributed by atoms with E-state index in [1.807, 2.05) is 0 Å². The smallest absolute Gasteiger partial charge is 0.104 e. The van der Waals surface area contributed by atoms with Crippen LogP contribution in [0, 0.1) is 46.3 Å². The number of ether oxygens (including phenoxy) is 3. The highest BCUT2D eigenvalue weighted by Gasteiger charge is 2.59. The van der Waals surface area contributed by atoms with E-state index in [0.29, 0.717) is 30.1 Å². The van der Waals surface area contributed by atoms with Crippen molar-refractivity contribution in [2.45, 2.75) is 170 Å². The molecule has 3 fully saturated rings. The van der Waals surface area contributed by atoms with Crippen molar-refractivity contribution in [1.82, 2.24) is 0 Å². The Morgan fingerprint density at radius 3 is 2.33 bits per heavy atom. The average Bonchev–Trinajstić information content (AvgIpc) is 3.34. The Labute approximate surface area is 268 Å². The van der Waals surface area contributed by atoms with Crippen LogP contribution in [0.2, 0.25) is 0 Å². The lowest BCUT2D eigenvalue weighted by Crippen LogP contribution is -2.51. The molecule has 4 aliphatic carbocycles. The molecule has 0 aromatic carbocycles. The van der Waals surface area contributed by atoms with Crippen molar-refractivity contribution in [2.75, 3.05) is 26.4 Å². The van der Waals surface area contributed by atoms with Gasteiger partial charge in [-0.3, -0.25) is 0 Å². The van der Waals surface area contributed by atoms with Gasteiger partial charge in [0.15, 0.2) is 0 Å². The molecule has 3 heteroatoms. The van der Waals surface area contributed by atoms with Crippen LogP contribution in [-0.2, 0) is 14.2 Å². The lowest BCUT2D eigenvalue weighted by Gasteiger charge is -2.58. The number of allylic oxidation sites excluding steroid dienone is 1. The Hall–Kier alpha value is -0.380. The van der Waals surface area contributed by atoms with Gasteiger partial charge in [0.2, 0.25) is 0 Å². The molecule has 0 aliphatic heterocycles. The zero-order valence-electron chi connectivity index (χ0n) is 29.8. The van der Waals surface area contributed by atoms with Gasteiger partial charge in [0.25, 0.3) is 0 Å². The summed E-state index contributed by atoms with van der Waals surface area (Å²) in [4.78, 5) is 0. The highest BCUT2D eigenvalue weighted by Crippen LogP contribution is 2.67. The van der Waals surface area contributed by atoms with Crippen LogP contribution in [0.4, 0.5) is 0 Å². The minimum atomic E-state index is 0.0654. The summed E-state index contributed by atoms with van der Waals surface area (Å²) in [6.07, 6.45) is 25.5. The second-order valence-corrected chi connectivity index (χ2v) is 16.5. The van der Waals surface area contributed by atoms with Gasteiger partial charge in [0.1, 0.15) is 6.10 Å². The average molecular weight is 601 g/mol. The fourth-order valence-corrected chi connectivity index (χ4v) is 10.5. The molecule has 0 saturated heterocycles. The van der Waals surface area contributed by atoms with Crippen LogP contribution in [0.1, 0.15) is 158 Å². The van der Waals surface area contributed by atoms with Crippen molar-refractivity contribution >= 4 is 0 Å². The zero-order valence-corrected chi connectivity index (χ0v) is 29.8. The van der Waals surface area contributed by atoms with Gasteiger partial charge in [-0.1, -0.05) is 105 Å². The van der Waals surface area contributed by atoms with E-state index < -0.39 is 0 Å². The number of fused-ring (bicyclic) bond motifs is 5. The quantitative estimate of drug-likeness (QED) is 0.109. The first-order chi connectivity index (χ1) is 20.7. The van der Waals surface area contributed by atoms with Crippen LogP contribution in [0.3, 0.4) is 0 Å². The van der Waals surface area contributed by atoms with Gasteiger partial charge >= 0.3 is 0 Å². The van der Waals surface area contributed by atoms with E-state index >= 15 is 0 Å². The Morgan fingerprint density at radius 2 is 1.58 bits per heavy atom. The molecule has 0 aromatic rings. The summed E-state index contributed by atoms with van der Waals surface area (Å²) in [5.41, 5.74) is 2.70. The van der Waals surface area contributed by atoms with Gasteiger partial charge in [-0.15, -0.1) is 0 Å². The summed E-state index contributed by atoms with van der Waals surface area (Å²) >= 11 is 0. The van der Waals surface area contributed by atoms with Crippen molar-refractivity contribution in [2.24, 2.45) is 46.3 Å². The van der Waals surface area contributed by atoms with E-state index in [2.05, 4.69) is 54.5 Å². The summed E-state index contributed by atoms with van der Waals surface area (Å²) in [5, 5.41) is 0. The molecule has 0 heterocycles.